The van der Waals surface area contributed by atoms with Gasteiger partial charge in [-0.3, -0.25) is 10.6 Å². The third-order valence-corrected chi connectivity index (χ3v) is 4.02. The van der Waals surface area contributed by atoms with E-state index in [0.717, 1.165) is 38.1 Å². The van der Waals surface area contributed by atoms with Gasteiger partial charge in [0.25, 0.3) is 0 Å². The van der Waals surface area contributed by atoms with Gasteiger partial charge in [0.05, 0.1) is 6.17 Å². The van der Waals surface area contributed by atoms with Gasteiger partial charge in [0.1, 0.15) is 12.0 Å². The second-order valence-electron chi connectivity index (χ2n) is 6.54. The number of halogens is 3. The van der Waals surface area contributed by atoms with Crippen molar-refractivity contribution >= 4 is 11.7 Å². The molecule has 6 N–H and O–H groups in total. The van der Waals surface area contributed by atoms with Crippen molar-refractivity contribution in [2.75, 3.05) is 25.5 Å². The molecule has 1 fully saturated rings. The Morgan fingerprint density at radius 1 is 1.21 bits per heavy atom. The molecular formula is C17H27F3N6O2. The Hall–Kier alpha value is -2.08. The summed E-state index contributed by atoms with van der Waals surface area (Å²) >= 11 is 0. The SMILES string of the molecule is CNCCCNC1CC(C)NC(NC(=O)Nc2ccc(OC(F)(F)F)cc2)N1. The van der Waals surface area contributed by atoms with Gasteiger partial charge in [-0.05, 0) is 64.2 Å². The molecule has 8 nitrogen and oxygen atoms in total. The summed E-state index contributed by atoms with van der Waals surface area (Å²) in [6.45, 7) is 3.79. The number of amides is 2. The number of carbonyl (C=O) groups excluding carboxylic acids is 1. The number of nitrogens with one attached hydrogen (secondary N) is 6. The fourth-order valence-corrected chi connectivity index (χ4v) is 2.83. The van der Waals surface area contributed by atoms with Gasteiger partial charge < -0.3 is 26.0 Å². The first kappa shape index (κ1) is 22.2. The molecule has 158 valence electrons. The van der Waals surface area contributed by atoms with Crippen LogP contribution >= 0.6 is 0 Å². The highest BCUT2D eigenvalue weighted by Gasteiger charge is 2.31. The van der Waals surface area contributed by atoms with E-state index < -0.39 is 18.7 Å². The van der Waals surface area contributed by atoms with Gasteiger partial charge in [0.15, 0.2) is 0 Å². The van der Waals surface area contributed by atoms with Gasteiger partial charge in [-0.15, -0.1) is 13.2 Å². The lowest BCUT2D eigenvalue weighted by molar-refractivity contribution is -0.274. The van der Waals surface area contributed by atoms with Crippen molar-refractivity contribution < 1.29 is 22.7 Å². The van der Waals surface area contributed by atoms with Crippen LogP contribution in [0.2, 0.25) is 0 Å². The minimum absolute atomic E-state index is 0.0530. The van der Waals surface area contributed by atoms with Gasteiger partial charge in [-0.1, -0.05) is 0 Å². The summed E-state index contributed by atoms with van der Waals surface area (Å²) < 4.78 is 40.3. The molecular weight excluding hydrogens is 377 g/mol. The summed E-state index contributed by atoms with van der Waals surface area (Å²) in [6.07, 6.45) is -3.29. The number of ether oxygens (including phenoxy) is 1. The van der Waals surface area contributed by atoms with Gasteiger partial charge in [-0.25, -0.2) is 4.79 Å². The maximum absolute atomic E-state index is 12.2. The molecule has 2 amide bonds. The number of anilines is 1. The molecule has 1 saturated heterocycles. The van der Waals surface area contributed by atoms with Crippen molar-refractivity contribution in [2.24, 2.45) is 0 Å². The highest BCUT2D eigenvalue weighted by Crippen LogP contribution is 2.23. The van der Waals surface area contributed by atoms with Crippen molar-refractivity contribution in [1.29, 1.82) is 0 Å². The second-order valence-corrected chi connectivity index (χ2v) is 6.54. The molecule has 1 aromatic carbocycles. The Morgan fingerprint density at radius 2 is 1.93 bits per heavy atom. The van der Waals surface area contributed by atoms with E-state index in [9.17, 15) is 18.0 Å². The van der Waals surface area contributed by atoms with Crippen molar-refractivity contribution in [1.82, 2.24) is 26.6 Å². The number of urea groups is 1. The van der Waals surface area contributed by atoms with E-state index in [4.69, 9.17) is 0 Å². The van der Waals surface area contributed by atoms with Gasteiger partial charge in [0.2, 0.25) is 0 Å². The Labute approximate surface area is 162 Å². The number of hydrogen-bond acceptors (Lipinski definition) is 6. The monoisotopic (exact) mass is 404 g/mol. The summed E-state index contributed by atoms with van der Waals surface area (Å²) in [5.41, 5.74) is 0.345. The van der Waals surface area contributed by atoms with Crippen molar-refractivity contribution in [3.63, 3.8) is 0 Å². The first-order valence-electron chi connectivity index (χ1n) is 9.08. The van der Waals surface area contributed by atoms with E-state index in [1.165, 1.54) is 12.1 Å². The van der Waals surface area contributed by atoms with E-state index >= 15 is 0 Å². The number of rotatable bonds is 8. The second kappa shape index (κ2) is 10.5. The molecule has 0 radical (unpaired) electrons. The van der Waals surface area contributed by atoms with Crippen molar-refractivity contribution in [2.45, 2.75) is 44.6 Å². The summed E-state index contributed by atoms with van der Waals surface area (Å²) in [4.78, 5) is 12.2. The molecule has 1 aromatic rings. The van der Waals surface area contributed by atoms with E-state index in [1.807, 2.05) is 14.0 Å². The zero-order chi connectivity index (χ0) is 20.6. The summed E-state index contributed by atoms with van der Waals surface area (Å²) in [5, 5.41) is 18.3. The van der Waals surface area contributed by atoms with E-state index in [1.54, 1.807) is 0 Å². The third kappa shape index (κ3) is 8.30. The van der Waals surface area contributed by atoms with Crippen LogP contribution in [0.1, 0.15) is 19.8 Å². The quantitative estimate of drug-likeness (QED) is 0.368. The highest BCUT2D eigenvalue weighted by molar-refractivity contribution is 5.89. The maximum atomic E-state index is 12.2. The predicted molar refractivity (Wildman–Crippen MR) is 99.8 cm³/mol. The van der Waals surface area contributed by atoms with Crippen LogP contribution in [-0.2, 0) is 0 Å². The molecule has 1 heterocycles. The summed E-state index contributed by atoms with van der Waals surface area (Å²) in [7, 11) is 1.90. The Balaban J connectivity index is 1.79. The molecule has 0 aromatic heterocycles. The van der Waals surface area contributed by atoms with Gasteiger partial charge >= 0.3 is 12.4 Å². The van der Waals surface area contributed by atoms with Crippen LogP contribution < -0.4 is 36.6 Å². The van der Waals surface area contributed by atoms with Crippen molar-refractivity contribution in [3.05, 3.63) is 24.3 Å². The zero-order valence-corrected chi connectivity index (χ0v) is 15.8. The van der Waals surface area contributed by atoms with Crippen molar-refractivity contribution in [3.8, 4) is 5.75 Å². The molecule has 0 bridgehead atoms. The molecule has 3 unspecified atom stereocenters. The number of alkyl halides is 3. The fraction of sp³-hybridized carbons (Fsp3) is 0.588. The Morgan fingerprint density at radius 3 is 2.57 bits per heavy atom. The molecule has 1 aliphatic heterocycles. The van der Waals surface area contributed by atoms with E-state index in [0.29, 0.717) is 5.69 Å². The number of hydrogen-bond donors (Lipinski definition) is 6. The minimum atomic E-state index is -4.75. The smallest absolute Gasteiger partial charge is 0.406 e. The Bertz CT molecular complexity index is 614. The van der Waals surface area contributed by atoms with Gasteiger partial charge in [0, 0.05) is 11.7 Å². The van der Waals surface area contributed by atoms with Crippen LogP contribution in [0.25, 0.3) is 0 Å². The normalized spacial score (nSPS) is 22.5. The lowest BCUT2D eigenvalue weighted by Crippen LogP contribution is -2.67. The third-order valence-electron chi connectivity index (χ3n) is 4.02. The molecule has 28 heavy (non-hydrogen) atoms. The molecule has 0 spiro atoms. The predicted octanol–water partition coefficient (Wildman–Crippen LogP) is 1.49. The average Bonchev–Trinajstić information content (AvgIpc) is 2.59. The standard InChI is InChI=1S/C17H27F3N6O2/c1-11-10-14(22-9-3-8-21-2)25-15(23-11)26-16(27)24-12-4-6-13(7-5-12)28-17(18,19)20/h4-7,11,14-15,21-23,25H,3,8-10H2,1-2H3,(H2,24,26,27). The summed E-state index contributed by atoms with van der Waals surface area (Å²) in [6, 6.07) is 4.62. The lowest BCUT2D eigenvalue weighted by Gasteiger charge is -2.36. The lowest BCUT2D eigenvalue weighted by atomic mass is 10.1. The van der Waals surface area contributed by atoms with Crippen LogP contribution in [0.4, 0.5) is 23.7 Å². The van der Waals surface area contributed by atoms with Crippen LogP contribution in [0.15, 0.2) is 24.3 Å². The fourth-order valence-electron chi connectivity index (χ4n) is 2.83. The molecule has 0 saturated carbocycles. The largest absolute Gasteiger partial charge is 0.573 e. The first-order valence-corrected chi connectivity index (χ1v) is 9.08. The zero-order valence-electron chi connectivity index (χ0n) is 15.8. The molecule has 3 atom stereocenters. The average molecular weight is 404 g/mol. The Kier molecular flexibility index (Phi) is 8.30. The molecule has 0 aliphatic carbocycles. The molecule has 11 heteroatoms. The highest BCUT2D eigenvalue weighted by atomic mass is 19.4. The van der Waals surface area contributed by atoms with Crippen LogP contribution in [-0.4, -0.2) is 51.0 Å². The topological polar surface area (TPSA) is 98.5 Å². The maximum Gasteiger partial charge on any atom is 0.573 e. The summed E-state index contributed by atoms with van der Waals surface area (Å²) in [5.74, 6) is -0.352. The van der Waals surface area contributed by atoms with Gasteiger partial charge in [-0.2, -0.15) is 0 Å². The van der Waals surface area contributed by atoms with Crippen LogP contribution in [0.5, 0.6) is 5.75 Å². The first-order chi connectivity index (χ1) is 13.2. The molecule has 1 aliphatic rings. The van der Waals surface area contributed by atoms with E-state index in [-0.39, 0.29) is 18.0 Å². The number of carbonyl (C=O) groups is 1. The minimum Gasteiger partial charge on any atom is -0.406 e. The molecule has 2 rings (SSSR count). The number of benzene rings is 1. The van der Waals surface area contributed by atoms with E-state index in [2.05, 4.69) is 36.6 Å². The van der Waals surface area contributed by atoms with Crippen LogP contribution in [0, 0.1) is 0 Å². The van der Waals surface area contributed by atoms with Crippen LogP contribution in [0.3, 0.4) is 0 Å².